The van der Waals surface area contributed by atoms with Crippen LogP contribution in [0.2, 0.25) is 5.02 Å². The fourth-order valence-corrected chi connectivity index (χ4v) is 12.4. The summed E-state index contributed by atoms with van der Waals surface area (Å²) in [6.45, 7) is 17.0. The molecule has 2 aromatic rings. The van der Waals surface area contributed by atoms with Crippen molar-refractivity contribution in [1.29, 1.82) is 0 Å². The molecule has 1 amide bonds. The highest BCUT2D eigenvalue weighted by molar-refractivity contribution is 6.34. The van der Waals surface area contributed by atoms with E-state index in [0.29, 0.717) is 54.2 Å². The fraction of sp³-hybridized carbons (Fsp3) is 0.789. The van der Waals surface area contributed by atoms with E-state index in [4.69, 9.17) is 44.8 Å². The number of nitrogens with one attached hydrogen (secondary N) is 2. The van der Waals surface area contributed by atoms with Crippen LogP contribution in [0.1, 0.15) is 124 Å². The van der Waals surface area contributed by atoms with Crippen LogP contribution in [0.25, 0.3) is 10.9 Å². The Hall–Kier alpha value is -3.59. The van der Waals surface area contributed by atoms with Gasteiger partial charge in [0.25, 0.3) is 0 Å². The SMILES string of the molecule is CC[C@@H]1OC(=O)[C@H](C)[C@H](O[C@@H]2C[C@@](O)(OC)C(NC(=O)CCN(C)CCNc3cc4c(=O)c(C(=O)OC)cn(C5CC5)c4cc3Cl)[C@H](C)O2)[C@@H](C)[C@H](O[C@@H]2O[C@H](C)C[C@H](N(C)C)[C@H]2O)C(C)(O)C[C@H](C)CN(C)[C@H](C)[C@@H](O)C1(C)O. The number of nitrogens with zero attached hydrogens (tertiary/aromatic N) is 4. The largest absolute Gasteiger partial charge is 0.465 e. The van der Waals surface area contributed by atoms with Crippen LogP contribution in [0.3, 0.4) is 0 Å². The number of benzene rings is 1. The van der Waals surface area contributed by atoms with E-state index in [1.807, 2.05) is 61.3 Å². The van der Waals surface area contributed by atoms with Crippen molar-refractivity contribution in [2.75, 3.05) is 73.9 Å². The van der Waals surface area contributed by atoms with E-state index in [9.17, 15) is 44.7 Å². The van der Waals surface area contributed by atoms with E-state index in [1.165, 1.54) is 21.1 Å². The number of rotatable bonds is 17. The van der Waals surface area contributed by atoms with Gasteiger partial charge in [-0.15, -0.1) is 0 Å². The number of esters is 2. The third-order valence-electron chi connectivity index (χ3n) is 17.2. The molecule has 4 fully saturated rings. The van der Waals surface area contributed by atoms with Crippen molar-refractivity contribution in [2.45, 2.75) is 204 Å². The molecule has 454 valence electrons. The number of carbonyl (C=O) groups excluding carboxylic acids is 3. The van der Waals surface area contributed by atoms with Crippen molar-refractivity contribution >= 4 is 46.0 Å². The monoisotopic (exact) mass is 1150 g/mol. The number of carbonyl (C=O) groups is 3. The minimum atomic E-state index is -2.06. The van der Waals surface area contributed by atoms with Crippen molar-refractivity contribution in [3.63, 3.8) is 0 Å². The number of anilines is 1. The number of hydrogen-bond donors (Lipinski definition) is 7. The summed E-state index contributed by atoms with van der Waals surface area (Å²) >= 11 is 6.72. The Balaban J connectivity index is 1.19. The summed E-state index contributed by atoms with van der Waals surface area (Å²) in [6.07, 6.45) is -5.93. The second kappa shape index (κ2) is 27.0. The number of methoxy groups -OCH3 is 2. The lowest BCUT2D eigenvalue weighted by atomic mass is 9.77. The number of ether oxygens (including phenoxy) is 7. The fourth-order valence-electron chi connectivity index (χ4n) is 12.2. The zero-order valence-corrected chi connectivity index (χ0v) is 50.4. The first-order valence-corrected chi connectivity index (χ1v) is 28.7. The first-order chi connectivity index (χ1) is 37.4. The van der Waals surface area contributed by atoms with Gasteiger partial charge in [0.15, 0.2) is 18.4 Å². The van der Waals surface area contributed by atoms with Crippen LogP contribution in [0.15, 0.2) is 23.1 Å². The van der Waals surface area contributed by atoms with Gasteiger partial charge in [0.1, 0.15) is 35.5 Å². The quantitative estimate of drug-likeness (QED) is 0.0883. The maximum absolute atomic E-state index is 14.6. The molecule has 0 radical (unpaired) electrons. The van der Waals surface area contributed by atoms with Gasteiger partial charge in [-0.2, -0.15) is 0 Å². The lowest BCUT2D eigenvalue weighted by Crippen LogP contribution is -2.65. The smallest absolute Gasteiger partial charge is 0.343 e. The van der Waals surface area contributed by atoms with Gasteiger partial charge < -0.3 is 88.6 Å². The molecule has 1 aromatic carbocycles. The van der Waals surface area contributed by atoms with Crippen molar-refractivity contribution in [2.24, 2.45) is 17.8 Å². The zero-order valence-electron chi connectivity index (χ0n) is 49.6. The molecule has 6 rings (SSSR count). The number of halogens is 1. The molecule has 0 spiro atoms. The topological polar surface area (TPSA) is 273 Å². The zero-order chi connectivity index (χ0) is 59.5. The molecule has 4 heterocycles. The van der Waals surface area contributed by atoms with E-state index >= 15 is 0 Å². The Kier molecular flexibility index (Phi) is 22.1. The van der Waals surface area contributed by atoms with E-state index in [0.717, 1.165) is 12.8 Å². The standard InChI is InChI=1S/C57H93ClN6O16/c1-16-43-56(9,72)50(68)34(6)63(13)28-30(2)26-55(8,71)51(80-54-47(67)42(61(10)11)23-31(3)76-54)32(4)48(33(5)52(69)78-43)79-45-27-57(73,75-15)49(35(7)77-45)60-44(65)19-21-62(12)22-20-59-40-24-37-41(25-39(40)58)64(36-17-18-36)29-38(46(37)66)53(70)74-14/h24-25,29-36,42-43,45,47-51,54,59,67-68,71-73H,16-23,26-28H2,1-15H3,(H,60,65)/t30-,31+,32+,33+,34+,35-,42-,43-,45+,47+,48+,49?,50+,51-,54-,55?,56?,57+/m0/s1. The lowest BCUT2D eigenvalue weighted by molar-refractivity contribution is -0.335. The average Bonchev–Trinajstić information content (AvgIpc) is 4.40. The average molecular weight is 1150 g/mol. The van der Waals surface area contributed by atoms with Gasteiger partial charge in [0.2, 0.25) is 11.3 Å². The third-order valence-corrected chi connectivity index (χ3v) is 17.5. The Morgan fingerprint density at radius 3 is 2.24 bits per heavy atom. The van der Waals surface area contributed by atoms with Gasteiger partial charge in [-0.1, -0.05) is 32.4 Å². The van der Waals surface area contributed by atoms with E-state index in [1.54, 1.807) is 59.9 Å². The first kappa shape index (κ1) is 65.6. The Bertz CT molecular complexity index is 2500. The second-order valence-corrected chi connectivity index (χ2v) is 24.5. The van der Waals surface area contributed by atoms with Crippen LogP contribution in [0.5, 0.6) is 0 Å². The number of likely N-dealkylation sites (N-methyl/N-ethyl adjacent to an activating group) is 3. The minimum absolute atomic E-state index is 0.0255. The molecular weight excluding hydrogens is 1060 g/mol. The third kappa shape index (κ3) is 15.0. The van der Waals surface area contributed by atoms with Gasteiger partial charge in [0, 0.05) is 75.3 Å². The minimum Gasteiger partial charge on any atom is -0.465 e. The van der Waals surface area contributed by atoms with Crippen LogP contribution in [0.4, 0.5) is 5.69 Å². The van der Waals surface area contributed by atoms with Crippen LogP contribution in [0, 0.1) is 17.8 Å². The molecule has 18 atom stereocenters. The molecule has 1 aliphatic carbocycles. The number of hydrogen-bond acceptors (Lipinski definition) is 20. The number of cyclic esters (lactones) is 1. The normalized spacial score (nSPS) is 37.2. The number of amides is 1. The Morgan fingerprint density at radius 2 is 1.62 bits per heavy atom. The summed E-state index contributed by atoms with van der Waals surface area (Å²) in [4.78, 5) is 59.9. The highest BCUT2D eigenvalue weighted by Crippen LogP contribution is 2.41. The lowest BCUT2D eigenvalue weighted by Gasteiger charge is -2.49. The van der Waals surface area contributed by atoms with E-state index in [-0.39, 0.29) is 55.4 Å². The molecule has 3 aliphatic heterocycles. The molecule has 4 aliphatic rings. The van der Waals surface area contributed by atoms with Gasteiger partial charge in [0.05, 0.1) is 65.7 Å². The molecule has 3 unspecified atom stereocenters. The summed E-state index contributed by atoms with van der Waals surface area (Å²) in [7, 11) is 9.90. The molecule has 7 N–H and O–H groups in total. The first-order valence-electron chi connectivity index (χ1n) is 28.3. The predicted molar refractivity (Wildman–Crippen MR) is 300 cm³/mol. The number of fused-ring (bicyclic) bond motifs is 1. The van der Waals surface area contributed by atoms with Crippen molar-refractivity contribution < 1.29 is 73.1 Å². The summed E-state index contributed by atoms with van der Waals surface area (Å²) in [5, 5.41) is 67.3. The molecule has 0 bridgehead atoms. The Morgan fingerprint density at radius 1 is 0.950 bits per heavy atom. The van der Waals surface area contributed by atoms with Gasteiger partial charge in [-0.25, -0.2) is 4.79 Å². The number of aliphatic hydroxyl groups is 5. The predicted octanol–water partition coefficient (Wildman–Crippen LogP) is 3.48. The molecule has 1 aromatic heterocycles. The summed E-state index contributed by atoms with van der Waals surface area (Å²) < 4.78 is 45.0. The molecular formula is C57H93ClN6O16. The molecule has 1 saturated carbocycles. The van der Waals surface area contributed by atoms with Gasteiger partial charge in [-0.05, 0) is 120 Å². The summed E-state index contributed by atoms with van der Waals surface area (Å²) in [5.41, 5.74) is -2.93. The summed E-state index contributed by atoms with van der Waals surface area (Å²) in [5.74, 6) is -6.27. The number of aliphatic hydroxyl groups excluding tert-OH is 2. The van der Waals surface area contributed by atoms with Crippen LogP contribution < -0.4 is 16.1 Å². The number of aromatic nitrogens is 1. The van der Waals surface area contributed by atoms with Crippen molar-refractivity contribution in [1.82, 2.24) is 24.6 Å². The maximum atomic E-state index is 14.6. The van der Waals surface area contributed by atoms with Crippen LogP contribution in [-0.2, 0) is 42.7 Å². The van der Waals surface area contributed by atoms with Gasteiger partial charge >= 0.3 is 11.9 Å². The van der Waals surface area contributed by atoms with Crippen LogP contribution >= 0.6 is 11.6 Å². The number of pyridine rings is 1. The second-order valence-electron chi connectivity index (χ2n) is 24.1. The highest BCUT2D eigenvalue weighted by Gasteiger charge is 2.54. The van der Waals surface area contributed by atoms with Crippen LogP contribution in [-0.4, -0.2) is 222 Å². The molecule has 23 heteroatoms. The molecule has 80 heavy (non-hydrogen) atoms. The Labute approximate surface area is 476 Å². The van der Waals surface area contributed by atoms with Crippen molar-refractivity contribution in [3.8, 4) is 0 Å². The highest BCUT2D eigenvalue weighted by atomic mass is 35.5. The van der Waals surface area contributed by atoms with E-state index < -0.39 is 113 Å². The van der Waals surface area contributed by atoms with Crippen molar-refractivity contribution in [3.05, 3.63) is 39.1 Å². The van der Waals surface area contributed by atoms with Gasteiger partial charge in [-0.3, -0.25) is 14.4 Å². The molecule has 22 nitrogen and oxygen atoms in total. The van der Waals surface area contributed by atoms with E-state index in [2.05, 4.69) is 10.6 Å². The maximum Gasteiger partial charge on any atom is 0.343 e. The summed E-state index contributed by atoms with van der Waals surface area (Å²) in [6, 6.07) is 1.48. The molecule has 3 saturated heterocycles.